The summed E-state index contributed by atoms with van der Waals surface area (Å²) in [7, 11) is 0. The molecule has 1 aromatic carbocycles. The van der Waals surface area contributed by atoms with Gasteiger partial charge < -0.3 is 5.73 Å². The highest BCUT2D eigenvalue weighted by atomic mass is 14.6. The summed E-state index contributed by atoms with van der Waals surface area (Å²) in [4.78, 5) is 0. The minimum Gasteiger partial charge on any atom is -0.398 e. The van der Waals surface area contributed by atoms with Crippen molar-refractivity contribution in [1.82, 2.24) is 0 Å². The average molecular weight is 219 g/mol. The van der Waals surface area contributed by atoms with Crippen molar-refractivity contribution in [2.24, 2.45) is 5.92 Å². The predicted octanol–water partition coefficient (Wildman–Crippen LogP) is 4.37. The van der Waals surface area contributed by atoms with Gasteiger partial charge in [0.15, 0.2) is 0 Å². The van der Waals surface area contributed by atoms with Gasteiger partial charge in [-0.2, -0.15) is 0 Å². The second-order valence-electron chi connectivity index (χ2n) is 5.40. The van der Waals surface area contributed by atoms with Crippen LogP contribution >= 0.6 is 0 Å². The lowest BCUT2D eigenvalue weighted by Crippen LogP contribution is -1.98. The number of benzene rings is 1. The van der Waals surface area contributed by atoms with E-state index in [1.807, 2.05) is 0 Å². The summed E-state index contributed by atoms with van der Waals surface area (Å²) >= 11 is 0. The molecular weight excluding hydrogens is 194 g/mol. The lowest BCUT2D eigenvalue weighted by Gasteiger charge is -2.11. The third-order valence-corrected chi connectivity index (χ3v) is 3.02. The molecule has 90 valence electrons. The van der Waals surface area contributed by atoms with E-state index in [0.29, 0.717) is 5.92 Å². The number of nitrogen functional groups attached to an aromatic ring is 1. The lowest BCUT2D eigenvalue weighted by atomic mass is 9.97. The van der Waals surface area contributed by atoms with Crippen LogP contribution in [0.4, 0.5) is 5.69 Å². The Balaban J connectivity index is 2.59. The summed E-state index contributed by atoms with van der Waals surface area (Å²) in [6.45, 7) is 8.92. The standard InChI is InChI=1S/C15H25N/c1-11(2)6-5-7-13-8-9-14(12(3)4)15(16)10-13/h8-12H,5-7,16H2,1-4H3. The van der Waals surface area contributed by atoms with Crippen LogP contribution in [0.5, 0.6) is 0 Å². The average Bonchev–Trinajstić information content (AvgIpc) is 2.16. The zero-order valence-electron chi connectivity index (χ0n) is 11.1. The molecule has 2 N–H and O–H groups in total. The van der Waals surface area contributed by atoms with Crippen molar-refractivity contribution in [2.45, 2.75) is 52.9 Å². The topological polar surface area (TPSA) is 26.0 Å². The third kappa shape index (κ3) is 3.88. The summed E-state index contributed by atoms with van der Waals surface area (Å²) in [5.74, 6) is 1.32. The molecule has 0 radical (unpaired) electrons. The highest BCUT2D eigenvalue weighted by Crippen LogP contribution is 2.23. The summed E-state index contributed by atoms with van der Waals surface area (Å²) in [5, 5.41) is 0. The maximum atomic E-state index is 6.05. The SMILES string of the molecule is CC(C)CCCc1ccc(C(C)C)c(N)c1. The van der Waals surface area contributed by atoms with Gasteiger partial charge in [0.2, 0.25) is 0 Å². The molecule has 0 saturated heterocycles. The quantitative estimate of drug-likeness (QED) is 0.731. The van der Waals surface area contributed by atoms with E-state index in [1.165, 1.54) is 24.0 Å². The molecule has 0 aliphatic heterocycles. The molecule has 0 aliphatic rings. The van der Waals surface area contributed by atoms with Crippen LogP contribution in [0.15, 0.2) is 18.2 Å². The van der Waals surface area contributed by atoms with E-state index in [2.05, 4.69) is 45.9 Å². The van der Waals surface area contributed by atoms with Gasteiger partial charge in [-0.3, -0.25) is 0 Å². The Morgan fingerprint density at radius 1 is 1.12 bits per heavy atom. The fraction of sp³-hybridized carbons (Fsp3) is 0.600. The van der Waals surface area contributed by atoms with Gasteiger partial charge in [0.1, 0.15) is 0 Å². The van der Waals surface area contributed by atoms with E-state index in [9.17, 15) is 0 Å². The minimum absolute atomic E-state index is 0.518. The summed E-state index contributed by atoms with van der Waals surface area (Å²) in [6, 6.07) is 6.56. The Morgan fingerprint density at radius 3 is 2.31 bits per heavy atom. The van der Waals surface area contributed by atoms with Crippen molar-refractivity contribution in [2.75, 3.05) is 5.73 Å². The van der Waals surface area contributed by atoms with E-state index in [1.54, 1.807) is 0 Å². The van der Waals surface area contributed by atoms with Crippen molar-refractivity contribution in [3.8, 4) is 0 Å². The highest BCUT2D eigenvalue weighted by molar-refractivity contribution is 5.50. The zero-order valence-corrected chi connectivity index (χ0v) is 11.1. The van der Waals surface area contributed by atoms with Crippen LogP contribution in [-0.4, -0.2) is 0 Å². The number of hydrogen-bond donors (Lipinski definition) is 1. The largest absolute Gasteiger partial charge is 0.398 e. The maximum absolute atomic E-state index is 6.05. The first-order chi connectivity index (χ1) is 7.50. The van der Waals surface area contributed by atoms with Crippen LogP contribution in [0.2, 0.25) is 0 Å². The Morgan fingerprint density at radius 2 is 1.81 bits per heavy atom. The number of nitrogens with two attached hydrogens (primary N) is 1. The normalized spacial score (nSPS) is 11.4. The molecule has 0 bridgehead atoms. The van der Waals surface area contributed by atoms with Gasteiger partial charge in [0.05, 0.1) is 0 Å². The van der Waals surface area contributed by atoms with E-state index in [0.717, 1.165) is 18.0 Å². The number of rotatable bonds is 5. The van der Waals surface area contributed by atoms with Gasteiger partial charge in [-0.15, -0.1) is 0 Å². The van der Waals surface area contributed by atoms with Gasteiger partial charge in [-0.1, -0.05) is 46.2 Å². The van der Waals surface area contributed by atoms with E-state index < -0.39 is 0 Å². The van der Waals surface area contributed by atoms with Gasteiger partial charge >= 0.3 is 0 Å². The molecule has 0 aromatic heterocycles. The minimum atomic E-state index is 0.518. The van der Waals surface area contributed by atoms with Gasteiger partial charge in [0.25, 0.3) is 0 Å². The number of hydrogen-bond acceptors (Lipinski definition) is 1. The maximum Gasteiger partial charge on any atom is 0.0351 e. The number of aryl methyl sites for hydroxylation is 1. The number of anilines is 1. The van der Waals surface area contributed by atoms with Crippen molar-refractivity contribution in [3.05, 3.63) is 29.3 Å². The highest BCUT2D eigenvalue weighted by Gasteiger charge is 2.05. The molecule has 0 aliphatic carbocycles. The van der Waals surface area contributed by atoms with Crippen LogP contribution in [0, 0.1) is 5.92 Å². The Labute approximate surface area is 100 Å². The molecule has 0 saturated carbocycles. The van der Waals surface area contributed by atoms with E-state index in [4.69, 9.17) is 5.73 Å². The van der Waals surface area contributed by atoms with Gasteiger partial charge in [0, 0.05) is 5.69 Å². The molecule has 1 rings (SSSR count). The van der Waals surface area contributed by atoms with Crippen LogP contribution in [0.1, 0.15) is 57.6 Å². The smallest absolute Gasteiger partial charge is 0.0351 e. The van der Waals surface area contributed by atoms with Crippen molar-refractivity contribution in [3.63, 3.8) is 0 Å². The zero-order chi connectivity index (χ0) is 12.1. The Hall–Kier alpha value is -0.980. The fourth-order valence-electron chi connectivity index (χ4n) is 2.02. The van der Waals surface area contributed by atoms with Crippen LogP contribution in [0.3, 0.4) is 0 Å². The fourth-order valence-corrected chi connectivity index (χ4v) is 2.02. The van der Waals surface area contributed by atoms with Crippen molar-refractivity contribution < 1.29 is 0 Å². The molecule has 0 spiro atoms. The molecule has 0 fully saturated rings. The monoisotopic (exact) mass is 219 g/mol. The van der Waals surface area contributed by atoms with Crippen molar-refractivity contribution >= 4 is 5.69 Å². The lowest BCUT2D eigenvalue weighted by molar-refractivity contribution is 0.556. The summed E-state index contributed by atoms with van der Waals surface area (Å²) < 4.78 is 0. The first-order valence-electron chi connectivity index (χ1n) is 6.39. The summed E-state index contributed by atoms with van der Waals surface area (Å²) in [5.41, 5.74) is 9.66. The third-order valence-electron chi connectivity index (χ3n) is 3.02. The van der Waals surface area contributed by atoms with E-state index in [-0.39, 0.29) is 0 Å². The summed E-state index contributed by atoms with van der Waals surface area (Å²) in [6.07, 6.45) is 3.71. The van der Waals surface area contributed by atoms with Crippen molar-refractivity contribution in [1.29, 1.82) is 0 Å². The molecule has 16 heavy (non-hydrogen) atoms. The first kappa shape index (κ1) is 13.1. The van der Waals surface area contributed by atoms with Gasteiger partial charge in [-0.05, 0) is 41.9 Å². The second-order valence-corrected chi connectivity index (χ2v) is 5.40. The molecule has 0 amide bonds. The Bertz CT molecular complexity index is 326. The molecule has 0 heterocycles. The molecule has 0 atom stereocenters. The Kier molecular flexibility index (Phi) is 4.85. The molecule has 1 nitrogen and oxygen atoms in total. The molecule has 1 heteroatoms. The molecular formula is C15H25N. The molecule has 1 aromatic rings. The second kappa shape index (κ2) is 5.93. The van der Waals surface area contributed by atoms with Crippen LogP contribution in [-0.2, 0) is 6.42 Å². The van der Waals surface area contributed by atoms with Crippen LogP contribution in [0.25, 0.3) is 0 Å². The molecule has 0 unspecified atom stereocenters. The van der Waals surface area contributed by atoms with Gasteiger partial charge in [-0.25, -0.2) is 0 Å². The van der Waals surface area contributed by atoms with Crippen LogP contribution < -0.4 is 5.73 Å². The van der Waals surface area contributed by atoms with E-state index >= 15 is 0 Å². The predicted molar refractivity (Wildman–Crippen MR) is 72.7 cm³/mol. The first-order valence-corrected chi connectivity index (χ1v) is 6.39.